The first-order chi connectivity index (χ1) is 11.3. The number of nitrogens with one attached hydrogen (secondary N) is 2. The normalized spacial score (nSPS) is 16.9. The van der Waals surface area contributed by atoms with E-state index in [2.05, 4.69) is 20.5 Å². The van der Waals surface area contributed by atoms with Crippen LogP contribution in [0, 0.1) is 5.82 Å². The number of hydrogen-bond acceptors (Lipinski definition) is 2. The topological polar surface area (TPSA) is 39.7 Å². The van der Waals surface area contributed by atoms with Crippen molar-refractivity contribution in [3.8, 4) is 0 Å². The highest BCUT2D eigenvalue weighted by Gasteiger charge is 2.08. The lowest BCUT2D eigenvalue weighted by molar-refractivity contribution is 0.282. The molecule has 0 aromatic heterocycles. The summed E-state index contributed by atoms with van der Waals surface area (Å²) in [5, 5.41) is 6.60. The van der Waals surface area contributed by atoms with Crippen LogP contribution in [-0.2, 0) is 6.54 Å². The number of aliphatic imine (C=N–C) groups is 1. The minimum Gasteiger partial charge on any atom is -0.356 e. The molecule has 1 aliphatic rings. The molecule has 1 fully saturated rings. The van der Waals surface area contributed by atoms with Crippen molar-refractivity contribution in [1.82, 2.24) is 15.5 Å². The fraction of sp³-hybridized carbons (Fsp3) is 0.611. The molecular weight excluding hydrogens is 291 g/mol. The molecule has 1 aliphatic heterocycles. The monoisotopic (exact) mass is 320 g/mol. The third-order valence-corrected chi connectivity index (χ3v) is 4.24. The highest BCUT2D eigenvalue weighted by Crippen LogP contribution is 2.09. The standard InChI is InChI=1S/C18H29FN4/c1-20-18(22-15-16-7-9-17(19)10-8-16)21-11-6-14-23-12-4-2-3-5-13-23/h7-10H,2-6,11-15H2,1H3,(H2,20,21,22). The van der Waals surface area contributed by atoms with Crippen molar-refractivity contribution in [2.45, 2.75) is 38.6 Å². The number of rotatable bonds is 6. The van der Waals surface area contributed by atoms with Gasteiger partial charge in [-0.2, -0.15) is 0 Å². The van der Waals surface area contributed by atoms with Crippen molar-refractivity contribution in [1.29, 1.82) is 0 Å². The lowest BCUT2D eigenvalue weighted by Crippen LogP contribution is -2.38. The van der Waals surface area contributed by atoms with Crippen LogP contribution < -0.4 is 10.6 Å². The van der Waals surface area contributed by atoms with E-state index in [0.717, 1.165) is 31.0 Å². The van der Waals surface area contributed by atoms with E-state index < -0.39 is 0 Å². The Kier molecular flexibility index (Phi) is 7.87. The third-order valence-electron chi connectivity index (χ3n) is 4.24. The van der Waals surface area contributed by atoms with Gasteiger partial charge < -0.3 is 15.5 Å². The van der Waals surface area contributed by atoms with Crippen LogP contribution in [0.2, 0.25) is 0 Å². The van der Waals surface area contributed by atoms with Gasteiger partial charge in [-0.05, 0) is 56.6 Å². The number of likely N-dealkylation sites (tertiary alicyclic amines) is 1. The Bertz CT molecular complexity index is 464. The molecule has 1 aromatic rings. The van der Waals surface area contributed by atoms with Crippen molar-refractivity contribution >= 4 is 5.96 Å². The molecule has 0 unspecified atom stereocenters. The Balaban J connectivity index is 1.61. The van der Waals surface area contributed by atoms with Crippen LogP contribution in [0.5, 0.6) is 0 Å². The Morgan fingerprint density at radius 1 is 1.09 bits per heavy atom. The summed E-state index contributed by atoms with van der Waals surface area (Å²) in [4.78, 5) is 6.80. The van der Waals surface area contributed by atoms with Gasteiger partial charge in [-0.3, -0.25) is 4.99 Å². The second kappa shape index (κ2) is 10.2. The number of halogens is 1. The van der Waals surface area contributed by atoms with Gasteiger partial charge >= 0.3 is 0 Å². The second-order valence-electron chi connectivity index (χ2n) is 6.09. The average Bonchev–Trinajstić information content (AvgIpc) is 2.84. The zero-order valence-electron chi connectivity index (χ0n) is 14.2. The first-order valence-corrected chi connectivity index (χ1v) is 8.69. The fourth-order valence-electron chi connectivity index (χ4n) is 2.88. The van der Waals surface area contributed by atoms with Gasteiger partial charge in [0, 0.05) is 20.1 Å². The number of hydrogen-bond donors (Lipinski definition) is 2. The Labute approximate surface area is 139 Å². The lowest BCUT2D eigenvalue weighted by atomic mass is 10.2. The molecule has 5 heteroatoms. The van der Waals surface area contributed by atoms with Gasteiger partial charge in [0.1, 0.15) is 5.82 Å². The SMILES string of the molecule is CN=C(NCCCN1CCCCCC1)NCc1ccc(F)cc1. The molecule has 0 radical (unpaired) electrons. The van der Waals surface area contributed by atoms with Crippen LogP contribution in [0.3, 0.4) is 0 Å². The van der Waals surface area contributed by atoms with E-state index in [9.17, 15) is 4.39 Å². The zero-order valence-corrected chi connectivity index (χ0v) is 14.2. The van der Waals surface area contributed by atoms with Gasteiger partial charge in [-0.15, -0.1) is 0 Å². The van der Waals surface area contributed by atoms with E-state index in [1.54, 1.807) is 19.2 Å². The maximum atomic E-state index is 12.9. The molecule has 128 valence electrons. The summed E-state index contributed by atoms with van der Waals surface area (Å²) in [6, 6.07) is 6.53. The van der Waals surface area contributed by atoms with Crippen LogP contribution in [0.1, 0.15) is 37.7 Å². The number of benzene rings is 1. The molecule has 2 N–H and O–H groups in total. The predicted octanol–water partition coefficient (Wildman–Crippen LogP) is 2.76. The van der Waals surface area contributed by atoms with Gasteiger partial charge in [0.2, 0.25) is 0 Å². The number of nitrogens with zero attached hydrogens (tertiary/aromatic N) is 2. The van der Waals surface area contributed by atoms with Crippen LogP contribution in [0.15, 0.2) is 29.3 Å². The Morgan fingerprint density at radius 2 is 1.78 bits per heavy atom. The third kappa shape index (κ3) is 6.99. The summed E-state index contributed by atoms with van der Waals surface area (Å²) < 4.78 is 12.9. The maximum Gasteiger partial charge on any atom is 0.191 e. The molecule has 1 heterocycles. The van der Waals surface area contributed by atoms with Gasteiger partial charge in [0.15, 0.2) is 5.96 Å². The van der Waals surface area contributed by atoms with Gasteiger partial charge in [0.05, 0.1) is 0 Å². The van der Waals surface area contributed by atoms with Crippen molar-refractivity contribution in [2.24, 2.45) is 4.99 Å². The lowest BCUT2D eigenvalue weighted by Gasteiger charge is -2.20. The minimum atomic E-state index is -0.204. The van der Waals surface area contributed by atoms with E-state index in [1.165, 1.54) is 50.9 Å². The summed E-state index contributed by atoms with van der Waals surface area (Å²) in [7, 11) is 1.77. The van der Waals surface area contributed by atoms with E-state index in [4.69, 9.17) is 0 Å². The molecule has 4 nitrogen and oxygen atoms in total. The summed E-state index contributed by atoms with van der Waals surface area (Å²) in [5.41, 5.74) is 1.04. The van der Waals surface area contributed by atoms with Crippen molar-refractivity contribution in [3.05, 3.63) is 35.6 Å². The van der Waals surface area contributed by atoms with Crippen LogP contribution in [0.4, 0.5) is 4.39 Å². The molecule has 0 saturated carbocycles. The summed E-state index contributed by atoms with van der Waals surface area (Å²) >= 11 is 0. The Hall–Kier alpha value is -1.62. The smallest absolute Gasteiger partial charge is 0.191 e. The molecule has 0 aliphatic carbocycles. The molecule has 2 rings (SSSR count). The highest BCUT2D eigenvalue weighted by atomic mass is 19.1. The van der Waals surface area contributed by atoms with E-state index in [0.29, 0.717) is 6.54 Å². The molecule has 0 amide bonds. The molecule has 1 aromatic carbocycles. The first kappa shape index (κ1) is 17.7. The van der Waals surface area contributed by atoms with Gasteiger partial charge in [-0.25, -0.2) is 4.39 Å². The molecule has 0 bridgehead atoms. The van der Waals surface area contributed by atoms with Crippen LogP contribution in [-0.4, -0.2) is 44.1 Å². The maximum absolute atomic E-state index is 12.9. The largest absolute Gasteiger partial charge is 0.356 e. The molecule has 0 spiro atoms. The Morgan fingerprint density at radius 3 is 2.43 bits per heavy atom. The fourth-order valence-corrected chi connectivity index (χ4v) is 2.88. The van der Waals surface area contributed by atoms with Crippen molar-refractivity contribution < 1.29 is 4.39 Å². The average molecular weight is 320 g/mol. The molecular formula is C18H29FN4. The highest BCUT2D eigenvalue weighted by molar-refractivity contribution is 5.79. The molecule has 23 heavy (non-hydrogen) atoms. The summed E-state index contributed by atoms with van der Waals surface area (Å²) in [6.45, 7) is 5.21. The molecule has 0 atom stereocenters. The predicted molar refractivity (Wildman–Crippen MR) is 94.1 cm³/mol. The van der Waals surface area contributed by atoms with E-state index in [-0.39, 0.29) is 5.82 Å². The van der Waals surface area contributed by atoms with Gasteiger partial charge in [0.25, 0.3) is 0 Å². The minimum absolute atomic E-state index is 0.204. The number of guanidine groups is 1. The quantitative estimate of drug-likeness (QED) is 0.481. The van der Waals surface area contributed by atoms with E-state index in [1.807, 2.05) is 0 Å². The summed E-state index contributed by atoms with van der Waals surface area (Å²) in [6.07, 6.45) is 6.57. The molecule has 1 saturated heterocycles. The van der Waals surface area contributed by atoms with Crippen molar-refractivity contribution in [3.63, 3.8) is 0 Å². The summed E-state index contributed by atoms with van der Waals surface area (Å²) in [5.74, 6) is 0.593. The zero-order chi connectivity index (χ0) is 16.3. The van der Waals surface area contributed by atoms with Gasteiger partial charge in [-0.1, -0.05) is 25.0 Å². The van der Waals surface area contributed by atoms with E-state index >= 15 is 0 Å². The van der Waals surface area contributed by atoms with Crippen LogP contribution >= 0.6 is 0 Å². The first-order valence-electron chi connectivity index (χ1n) is 8.69. The second-order valence-corrected chi connectivity index (χ2v) is 6.09. The van der Waals surface area contributed by atoms with Crippen LogP contribution in [0.25, 0.3) is 0 Å². The van der Waals surface area contributed by atoms with Crippen molar-refractivity contribution in [2.75, 3.05) is 33.2 Å².